The van der Waals surface area contributed by atoms with E-state index in [2.05, 4.69) is 15.0 Å². The first-order chi connectivity index (χ1) is 21.8. The fraction of sp³-hybridized carbons (Fsp3) is 0.188. The number of rotatable bonds is 8. The van der Waals surface area contributed by atoms with Crippen LogP contribution >= 0.6 is 11.6 Å². The molecular weight excluding hydrogens is 602 g/mol. The van der Waals surface area contributed by atoms with Crippen LogP contribution < -0.4 is 5.73 Å². The van der Waals surface area contributed by atoms with E-state index in [1.54, 1.807) is 97.9 Å². The van der Waals surface area contributed by atoms with Crippen molar-refractivity contribution in [2.75, 3.05) is 5.73 Å². The van der Waals surface area contributed by atoms with Crippen molar-refractivity contribution in [3.05, 3.63) is 119 Å². The first-order valence-electron chi connectivity index (χ1n) is 13.9. The summed E-state index contributed by atoms with van der Waals surface area (Å²) in [4.78, 5) is 52.4. The van der Waals surface area contributed by atoms with E-state index in [1.807, 2.05) is 0 Å². The zero-order chi connectivity index (χ0) is 31.5. The van der Waals surface area contributed by atoms with Crippen LogP contribution in [-0.4, -0.2) is 61.8 Å². The van der Waals surface area contributed by atoms with Gasteiger partial charge in [-0.05, 0) is 43.3 Å². The highest BCUT2D eigenvalue weighted by atomic mass is 35.5. The van der Waals surface area contributed by atoms with Crippen LogP contribution in [0.4, 0.5) is 5.95 Å². The molecule has 1 fully saturated rings. The summed E-state index contributed by atoms with van der Waals surface area (Å²) in [5.74, 6) is -2.16. The van der Waals surface area contributed by atoms with Crippen LogP contribution in [0.3, 0.4) is 0 Å². The minimum absolute atomic E-state index is 0.000779. The second kappa shape index (κ2) is 12.7. The highest BCUT2D eigenvalue weighted by Crippen LogP contribution is 2.39. The number of nitrogens with zero attached hydrogens (tertiary/aromatic N) is 4. The van der Waals surface area contributed by atoms with E-state index in [-0.39, 0.29) is 33.4 Å². The van der Waals surface area contributed by atoms with Gasteiger partial charge in [0, 0.05) is 0 Å². The lowest BCUT2D eigenvalue weighted by Crippen LogP contribution is -2.44. The number of esters is 3. The average Bonchev–Trinajstić information content (AvgIpc) is 3.63. The molecule has 13 heteroatoms. The second-order valence-corrected chi connectivity index (χ2v) is 10.5. The molecule has 0 unspecified atom stereocenters. The Morgan fingerprint density at radius 3 is 1.87 bits per heavy atom. The van der Waals surface area contributed by atoms with Crippen molar-refractivity contribution >= 4 is 46.6 Å². The van der Waals surface area contributed by atoms with Crippen molar-refractivity contribution in [3.8, 4) is 0 Å². The van der Waals surface area contributed by atoms with E-state index < -0.39 is 48.6 Å². The van der Waals surface area contributed by atoms with Crippen molar-refractivity contribution in [3.63, 3.8) is 0 Å². The van der Waals surface area contributed by atoms with Gasteiger partial charge in [-0.15, -0.1) is 0 Å². The second-order valence-electron chi connectivity index (χ2n) is 10.1. The molecule has 0 saturated carbocycles. The monoisotopic (exact) mass is 627 g/mol. The van der Waals surface area contributed by atoms with Crippen molar-refractivity contribution < 1.29 is 33.3 Å². The van der Waals surface area contributed by atoms with Gasteiger partial charge < -0.3 is 24.7 Å². The molecule has 0 amide bonds. The number of hydrogen-bond acceptors (Lipinski definition) is 11. The third-order valence-corrected chi connectivity index (χ3v) is 7.43. The summed E-state index contributed by atoms with van der Waals surface area (Å²) in [6.45, 7) is 1.59. The maximum absolute atomic E-state index is 13.4. The third kappa shape index (κ3) is 6.19. The van der Waals surface area contributed by atoms with E-state index in [1.165, 1.54) is 10.9 Å². The quantitative estimate of drug-likeness (QED) is 0.145. The number of carbonyl (C=O) groups excluding carboxylic acids is 3. The summed E-state index contributed by atoms with van der Waals surface area (Å²) in [5, 5.41) is 0.000779. The molecule has 3 aromatic carbocycles. The molecule has 1 saturated heterocycles. The average molecular weight is 628 g/mol. The number of anilines is 1. The molecule has 5 aromatic rings. The lowest BCUT2D eigenvalue weighted by Gasteiger charge is -2.27. The molecule has 5 atom stereocenters. The number of aromatic nitrogens is 4. The van der Waals surface area contributed by atoms with Crippen molar-refractivity contribution in [1.82, 2.24) is 19.5 Å². The highest BCUT2D eigenvalue weighted by Gasteiger charge is 2.54. The molecule has 0 spiro atoms. The van der Waals surface area contributed by atoms with Crippen LogP contribution in [0.15, 0.2) is 97.3 Å². The van der Waals surface area contributed by atoms with E-state index in [9.17, 15) is 14.4 Å². The van der Waals surface area contributed by atoms with Gasteiger partial charge in [-0.1, -0.05) is 66.2 Å². The van der Waals surface area contributed by atoms with Gasteiger partial charge in [-0.3, -0.25) is 4.57 Å². The van der Waals surface area contributed by atoms with Crippen molar-refractivity contribution in [1.29, 1.82) is 0 Å². The van der Waals surface area contributed by atoms with Gasteiger partial charge in [-0.2, -0.15) is 9.97 Å². The number of halogens is 1. The smallest absolute Gasteiger partial charge is 0.338 e. The van der Waals surface area contributed by atoms with Crippen molar-refractivity contribution in [2.24, 2.45) is 0 Å². The van der Waals surface area contributed by atoms with Crippen LogP contribution in [0.1, 0.15) is 44.2 Å². The van der Waals surface area contributed by atoms with E-state index in [0.29, 0.717) is 5.56 Å². The number of nitrogen functional groups attached to an aromatic ring is 1. The largest absolute Gasteiger partial charge is 0.456 e. The molecule has 2 N–H and O–H groups in total. The normalized spacial score (nSPS) is 20.0. The van der Waals surface area contributed by atoms with Crippen molar-refractivity contribution in [2.45, 2.75) is 37.6 Å². The van der Waals surface area contributed by atoms with Gasteiger partial charge in [0.15, 0.2) is 29.2 Å². The fourth-order valence-electron chi connectivity index (χ4n) is 5.02. The molecule has 228 valence electrons. The summed E-state index contributed by atoms with van der Waals surface area (Å²) < 4.78 is 25.7. The number of hydrogen-bond donors (Lipinski definition) is 1. The standard InChI is InChI=1S/C32H26ClN5O7/c1-18(42-29(39)19-11-5-2-6-12-19)23-24(44-30(40)20-13-7-3-8-14-20)25(45-31(41)21-15-9-4-10-16-21)28(43-23)38-17-35-22-26(33)36-32(34)37-27(22)38/h2-18,23-25,28H,1H3,(H2,34,36,37)/t18-,23-,24-,25-,28-/m1/s1. The molecule has 45 heavy (non-hydrogen) atoms. The lowest BCUT2D eigenvalue weighted by molar-refractivity contribution is -0.0869. The maximum atomic E-state index is 13.4. The van der Waals surface area contributed by atoms with Gasteiger partial charge in [0.2, 0.25) is 5.95 Å². The summed E-state index contributed by atoms with van der Waals surface area (Å²) in [5.41, 5.74) is 7.10. The van der Waals surface area contributed by atoms with Gasteiger partial charge >= 0.3 is 17.9 Å². The number of carbonyl (C=O) groups is 3. The summed E-state index contributed by atoms with van der Waals surface area (Å²) in [6.07, 6.45) is -4.45. The summed E-state index contributed by atoms with van der Waals surface area (Å²) in [7, 11) is 0. The van der Waals surface area contributed by atoms with E-state index >= 15 is 0 Å². The molecule has 12 nitrogen and oxygen atoms in total. The van der Waals surface area contributed by atoms with Gasteiger partial charge in [0.25, 0.3) is 0 Å². The molecule has 0 aliphatic carbocycles. The predicted molar refractivity (Wildman–Crippen MR) is 161 cm³/mol. The Kier molecular flexibility index (Phi) is 8.41. The van der Waals surface area contributed by atoms with Crippen LogP contribution in [-0.2, 0) is 18.9 Å². The molecule has 1 aliphatic rings. The number of imidazole rings is 1. The Labute approximate surface area is 261 Å². The summed E-state index contributed by atoms with van der Waals surface area (Å²) >= 11 is 6.28. The Hall–Kier alpha value is -5.33. The molecule has 6 rings (SSSR count). The van der Waals surface area contributed by atoms with Crippen LogP contribution in [0.5, 0.6) is 0 Å². The van der Waals surface area contributed by atoms with E-state index in [0.717, 1.165) is 0 Å². The highest BCUT2D eigenvalue weighted by molar-refractivity contribution is 6.33. The topological polar surface area (TPSA) is 158 Å². The zero-order valence-electron chi connectivity index (χ0n) is 23.7. The molecule has 0 bridgehead atoms. The van der Waals surface area contributed by atoms with Crippen LogP contribution in [0, 0.1) is 0 Å². The Balaban J connectivity index is 1.42. The Morgan fingerprint density at radius 2 is 1.31 bits per heavy atom. The third-order valence-electron chi connectivity index (χ3n) is 7.17. The molecule has 2 aromatic heterocycles. The number of ether oxygens (including phenoxy) is 4. The van der Waals surface area contributed by atoms with Gasteiger partial charge in [-0.25, -0.2) is 19.4 Å². The first-order valence-corrected chi connectivity index (χ1v) is 14.3. The first kappa shape index (κ1) is 29.7. The lowest BCUT2D eigenvalue weighted by atomic mass is 10.0. The Morgan fingerprint density at radius 1 is 0.800 bits per heavy atom. The van der Waals surface area contributed by atoms with Crippen LogP contribution in [0.25, 0.3) is 11.2 Å². The maximum Gasteiger partial charge on any atom is 0.338 e. The number of benzene rings is 3. The van der Waals surface area contributed by atoms with Crippen LogP contribution in [0.2, 0.25) is 5.15 Å². The zero-order valence-corrected chi connectivity index (χ0v) is 24.5. The summed E-state index contributed by atoms with van der Waals surface area (Å²) in [6, 6.07) is 25.0. The number of nitrogens with two attached hydrogens (primary N) is 1. The minimum atomic E-state index is -1.28. The predicted octanol–water partition coefficient (Wildman–Crippen LogP) is 4.66. The van der Waals surface area contributed by atoms with E-state index in [4.69, 9.17) is 36.3 Å². The molecule has 0 radical (unpaired) electrons. The van der Waals surface area contributed by atoms with Gasteiger partial charge in [0.1, 0.15) is 17.7 Å². The molecular formula is C32H26ClN5O7. The number of fused-ring (bicyclic) bond motifs is 1. The minimum Gasteiger partial charge on any atom is -0.456 e. The molecule has 3 heterocycles. The van der Waals surface area contributed by atoms with Gasteiger partial charge in [0.05, 0.1) is 23.0 Å². The molecule has 1 aliphatic heterocycles. The fourth-order valence-corrected chi connectivity index (χ4v) is 5.24. The Bertz CT molecular complexity index is 1840. The SMILES string of the molecule is C[C@@H](OC(=O)c1ccccc1)[C@H]1O[C@@H](n2cnc3c(Cl)nc(N)nc32)[C@H](OC(=O)c2ccccc2)[C@@H]1OC(=O)c1ccccc1.